The van der Waals surface area contributed by atoms with Crippen LogP contribution in [-0.4, -0.2) is 33.6 Å². The predicted molar refractivity (Wildman–Crippen MR) is 28.6 cm³/mol. The van der Waals surface area contributed by atoms with Gasteiger partial charge in [0.25, 0.3) is 0 Å². The largest absolute Gasteiger partial charge is 0.349 e. The van der Waals surface area contributed by atoms with Crippen LogP contribution in [0.15, 0.2) is 0 Å². The minimum Gasteiger partial charge on any atom is -0.349 e. The number of epoxide rings is 1. The highest BCUT2D eigenvalue weighted by Crippen LogP contribution is 2.37. The molecule has 0 bridgehead atoms. The molecule has 0 N–H and O–H groups in total. The summed E-state index contributed by atoms with van der Waals surface area (Å²) in [5, 5.41) is 0. The van der Waals surface area contributed by atoms with Crippen LogP contribution in [0.4, 0.5) is 0 Å². The van der Waals surface area contributed by atoms with Crippen molar-refractivity contribution < 1.29 is 18.9 Å². The molecular formula is C5H10O4. The third kappa shape index (κ3) is 0.943. The topological polar surface area (TPSA) is 40.2 Å². The zero-order chi connectivity index (χ0) is 6.91. The summed E-state index contributed by atoms with van der Waals surface area (Å²) in [6.07, 6.45) is -0.368. The molecule has 54 valence electrons. The van der Waals surface area contributed by atoms with E-state index in [-0.39, 0.29) is 6.29 Å². The first-order valence-corrected chi connectivity index (χ1v) is 2.60. The molecule has 9 heavy (non-hydrogen) atoms. The molecule has 4 nitrogen and oxygen atoms in total. The molecular weight excluding hydrogens is 124 g/mol. The fraction of sp³-hybridized carbons (Fsp3) is 1.00. The number of hydrogen-bond acceptors (Lipinski definition) is 4. The van der Waals surface area contributed by atoms with E-state index in [9.17, 15) is 0 Å². The Labute approximate surface area is 53.6 Å². The van der Waals surface area contributed by atoms with Crippen molar-refractivity contribution in [3.63, 3.8) is 0 Å². The van der Waals surface area contributed by atoms with Crippen molar-refractivity contribution >= 4 is 0 Å². The fourth-order valence-corrected chi connectivity index (χ4v) is 0.680. The Morgan fingerprint density at radius 1 is 1.22 bits per heavy atom. The van der Waals surface area contributed by atoms with E-state index in [1.807, 2.05) is 0 Å². The van der Waals surface area contributed by atoms with Crippen molar-refractivity contribution in [3.8, 4) is 0 Å². The molecule has 0 saturated carbocycles. The third-order valence-corrected chi connectivity index (χ3v) is 1.29. The molecule has 0 spiro atoms. The Morgan fingerprint density at radius 3 is 1.89 bits per heavy atom. The van der Waals surface area contributed by atoms with Crippen molar-refractivity contribution in [2.24, 2.45) is 0 Å². The van der Waals surface area contributed by atoms with Gasteiger partial charge < -0.3 is 14.2 Å². The lowest BCUT2D eigenvalue weighted by Gasteiger charge is -2.05. The van der Waals surface area contributed by atoms with E-state index in [1.54, 1.807) is 0 Å². The predicted octanol–water partition coefficient (Wildman–Crippen LogP) is -0.0643. The van der Waals surface area contributed by atoms with Crippen LogP contribution in [-0.2, 0) is 18.9 Å². The van der Waals surface area contributed by atoms with Gasteiger partial charge in [-0.2, -0.15) is 0 Å². The van der Waals surface area contributed by atoms with E-state index in [2.05, 4.69) is 0 Å². The summed E-state index contributed by atoms with van der Waals surface area (Å²) < 4.78 is 19.3. The zero-order valence-corrected chi connectivity index (χ0v) is 5.71. The number of rotatable bonds is 3. The highest BCUT2D eigenvalue weighted by atomic mass is 17.0. The first kappa shape index (κ1) is 6.95. The van der Waals surface area contributed by atoms with Gasteiger partial charge in [0.15, 0.2) is 0 Å². The first-order chi connectivity index (χ1) is 4.29. The van der Waals surface area contributed by atoms with Crippen LogP contribution in [0.5, 0.6) is 0 Å². The summed E-state index contributed by atoms with van der Waals surface area (Å²) in [5.74, 6) is -0.922. The maximum Gasteiger partial charge on any atom is 0.339 e. The fourth-order valence-electron chi connectivity index (χ4n) is 0.680. The monoisotopic (exact) mass is 134 g/mol. The van der Waals surface area contributed by atoms with Crippen molar-refractivity contribution in [1.82, 2.24) is 0 Å². The molecule has 1 fully saturated rings. The van der Waals surface area contributed by atoms with E-state index < -0.39 is 5.97 Å². The van der Waals surface area contributed by atoms with Crippen molar-refractivity contribution in [3.05, 3.63) is 0 Å². The van der Waals surface area contributed by atoms with Crippen molar-refractivity contribution in [2.75, 3.05) is 21.3 Å². The van der Waals surface area contributed by atoms with E-state index in [0.717, 1.165) is 0 Å². The van der Waals surface area contributed by atoms with Crippen LogP contribution >= 0.6 is 0 Å². The van der Waals surface area contributed by atoms with Crippen LogP contribution in [0, 0.1) is 0 Å². The molecule has 0 aliphatic carbocycles. The molecule has 4 heteroatoms. The van der Waals surface area contributed by atoms with Gasteiger partial charge in [0.2, 0.25) is 6.29 Å². The van der Waals surface area contributed by atoms with Gasteiger partial charge in [-0.05, 0) is 0 Å². The summed E-state index contributed by atoms with van der Waals surface area (Å²) in [5.41, 5.74) is 0. The lowest BCUT2D eigenvalue weighted by atomic mass is 10.7. The van der Waals surface area contributed by atoms with Gasteiger partial charge >= 0.3 is 5.97 Å². The Kier molecular flexibility index (Phi) is 1.72. The molecule has 0 aromatic carbocycles. The molecule has 1 aliphatic rings. The Bertz CT molecular complexity index is 99.1. The second-order valence-corrected chi connectivity index (χ2v) is 1.70. The van der Waals surface area contributed by atoms with Gasteiger partial charge in [-0.25, -0.2) is 0 Å². The van der Waals surface area contributed by atoms with E-state index in [4.69, 9.17) is 18.9 Å². The van der Waals surface area contributed by atoms with Crippen LogP contribution in [0.1, 0.15) is 0 Å². The lowest BCUT2D eigenvalue weighted by Crippen LogP contribution is -2.20. The second-order valence-electron chi connectivity index (χ2n) is 1.70. The normalized spacial score (nSPS) is 30.3. The van der Waals surface area contributed by atoms with Crippen molar-refractivity contribution in [1.29, 1.82) is 0 Å². The molecule has 1 saturated heterocycles. The smallest absolute Gasteiger partial charge is 0.339 e. The van der Waals surface area contributed by atoms with Crippen LogP contribution < -0.4 is 0 Å². The summed E-state index contributed by atoms with van der Waals surface area (Å²) in [4.78, 5) is 0. The Balaban J connectivity index is 2.37. The molecule has 1 atom stereocenters. The number of ether oxygens (including phenoxy) is 4. The van der Waals surface area contributed by atoms with Gasteiger partial charge in [-0.1, -0.05) is 0 Å². The molecule has 1 unspecified atom stereocenters. The van der Waals surface area contributed by atoms with E-state index in [1.165, 1.54) is 21.3 Å². The third-order valence-electron chi connectivity index (χ3n) is 1.29. The summed E-state index contributed by atoms with van der Waals surface area (Å²) in [7, 11) is 4.54. The van der Waals surface area contributed by atoms with Gasteiger partial charge in [-0.15, -0.1) is 0 Å². The summed E-state index contributed by atoms with van der Waals surface area (Å²) in [6.45, 7) is 0. The maximum absolute atomic E-state index is 4.89. The molecule has 0 aromatic heterocycles. The Morgan fingerprint density at radius 2 is 1.78 bits per heavy atom. The minimum atomic E-state index is -0.922. The van der Waals surface area contributed by atoms with Gasteiger partial charge in [0.1, 0.15) is 0 Å². The number of methoxy groups -OCH3 is 3. The molecule has 0 radical (unpaired) electrons. The van der Waals surface area contributed by atoms with Crippen LogP contribution in [0.25, 0.3) is 0 Å². The van der Waals surface area contributed by atoms with E-state index in [0.29, 0.717) is 0 Å². The summed E-state index contributed by atoms with van der Waals surface area (Å²) in [6, 6.07) is 0. The maximum atomic E-state index is 4.89. The van der Waals surface area contributed by atoms with Gasteiger partial charge in [-0.3, -0.25) is 4.74 Å². The van der Waals surface area contributed by atoms with Crippen LogP contribution in [0.3, 0.4) is 0 Å². The Hall–Kier alpha value is -0.160. The van der Waals surface area contributed by atoms with Gasteiger partial charge in [0.05, 0.1) is 0 Å². The highest BCUT2D eigenvalue weighted by molar-refractivity contribution is 4.76. The molecule has 0 amide bonds. The average Bonchev–Trinajstić information content (AvgIpc) is 2.63. The van der Waals surface area contributed by atoms with Crippen LogP contribution in [0.2, 0.25) is 0 Å². The molecule has 1 rings (SSSR count). The molecule has 1 heterocycles. The average molecular weight is 134 g/mol. The number of hydrogen-bond donors (Lipinski definition) is 0. The quantitative estimate of drug-likeness (QED) is 0.400. The first-order valence-electron chi connectivity index (χ1n) is 2.60. The minimum absolute atomic E-state index is 0.368. The second kappa shape index (κ2) is 2.22. The molecule has 1 aliphatic heterocycles. The highest BCUT2D eigenvalue weighted by Gasteiger charge is 2.60. The van der Waals surface area contributed by atoms with Crippen molar-refractivity contribution in [2.45, 2.75) is 12.3 Å². The zero-order valence-electron chi connectivity index (χ0n) is 5.71. The summed E-state index contributed by atoms with van der Waals surface area (Å²) >= 11 is 0. The SMILES string of the molecule is COC1OC1(OC)OC. The standard InChI is InChI=1S/C5H10O4/c1-6-4-5(7-2,8-3)9-4/h4H,1-3H3. The van der Waals surface area contributed by atoms with E-state index >= 15 is 0 Å². The molecule has 0 aromatic rings. The lowest BCUT2D eigenvalue weighted by molar-refractivity contribution is -0.200. The van der Waals surface area contributed by atoms with Gasteiger partial charge in [0, 0.05) is 21.3 Å².